The Labute approximate surface area is 210 Å². The molecular formula is C25H28F6N6. The van der Waals surface area contributed by atoms with E-state index in [0.29, 0.717) is 31.5 Å². The zero-order chi connectivity index (χ0) is 27.0. The number of alkyl halides is 6. The second-order valence-corrected chi connectivity index (χ2v) is 9.54. The molecule has 0 amide bonds. The number of hydrogen-bond donors (Lipinski definition) is 1. The van der Waals surface area contributed by atoms with E-state index in [4.69, 9.17) is 0 Å². The molecule has 0 aliphatic carbocycles. The van der Waals surface area contributed by atoms with E-state index in [0.717, 1.165) is 18.0 Å². The molecule has 0 spiro atoms. The lowest BCUT2D eigenvalue weighted by Gasteiger charge is -2.33. The Hall–Kier alpha value is -3.31. The summed E-state index contributed by atoms with van der Waals surface area (Å²) in [6.45, 7) is 5.11. The van der Waals surface area contributed by atoms with Crippen molar-refractivity contribution < 1.29 is 26.3 Å². The van der Waals surface area contributed by atoms with Crippen LogP contribution in [-0.2, 0) is 19.4 Å². The van der Waals surface area contributed by atoms with Crippen molar-refractivity contribution in [2.45, 2.75) is 45.0 Å². The molecule has 0 radical (unpaired) electrons. The van der Waals surface area contributed by atoms with Crippen molar-refractivity contribution in [2.24, 2.45) is 13.0 Å². The van der Waals surface area contributed by atoms with Gasteiger partial charge in [-0.3, -0.25) is 0 Å². The molecule has 0 bridgehead atoms. The van der Waals surface area contributed by atoms with Crippen LogP contribution < -0.4 is 10.2 Å². The van der Waals surface area contributed by atoms with Gasteiger partial charge >= 0.3 is 12.4 Å². The Morgan fingerprint density at radius 1 is 1.00 bits per heavy atom. The van der Waals surface area contributed by atoms with E-state index in [2.05, 4.69) is 20.3 Å². The number of piperidine rings is 1. The van der Waals surface area contributed by atoms with E-state index in [1.54, 1.807) is 17.0 Å². The number of hydrogen-bond acceptors (Lipinski definition) is 5. The molecular weight excluding hydrogens is 498 g/mol. The lowest BCUT2D eigenvalue weighted by molar-refractivity contribution is -0.141. The Morgan fingerprint density at radius 3 is 2.27 bits per heavy atom. The van der Waals surface area contributed by atoms with Gasteiger partial charge in [-0.25, -0.2) is 15.0 Å². The first kappa shape index (κ1) is 26.7. The molecule has 3 heterocycles. The van der Waals surface area contributed by atoms with Gasteiger partial charge < -0.3 is 14.8 Å². The van der Waals surface area contributed by atoms with Crippen LogP contribution in [-0.4, -0.2) is 39.2 Å². The van der Waals surface area contributed by atoms with E-state index in [1.807, 2.05) is 26.0 Å². The van der Waals surface area contributed by atoms with Crippen LogP contribution in [0.4, 0.5) is 38.1 Å². The first-order chi connectivity index (χ1) is 17.3. The molecule has 2 aromatic heterocycles. The highest BCUT2D eigenvalue weighted by molar-refractivity contribution is 5.63. The fourth-order valence-corrected chi connectivity index (χ4v) is 4.52. The average molecular weight is 527 g/mol. The van der Waals surface area contributed by atoms with Gasteiger partial charge in [0, 0.05) is 44.6 Å². The smallest absolute Gasteiger partial charge is 0.369 e. The fourth-order valence-electron chi connectivity index (χ4n) is 4.52. The quantitative estimate of drug-likeness (QED) is 0.379. The summed E-state index contributed by atoms with van der Waals surface area (Å²) < 4.78 is 81.4. The topological polar surface area (TPSA) is 58.9 Å². The molecule has 1 aliphatic heterocycles. The largest absolute Gasteiger partial charge is 0.434 e. The highest BCUT2D eigenvalue weighted by Gasteiger charge is 2.37. The number of nitrogens with zero attached hydrogens (tertiary/aromatic N) is 5. The van der Waals surface area contributed by atoms with Crippen LogP contribution in [0.1, 0.15) is 49.4 Å². The first-order valence-corrected chi connectivity index (χ1v) is 12.0. The number of benzene rings is 1. The van der Waals surface area contributed by atoms with Gasteiger partial charge in [-0.15, -0.1) is 0 Å². The van der Waals surface area contributed by atoms with Crippen molar-refractivity contribution in [1.29, 1.82) is 0 Å². The Balaban J connectivity index is 1.48. The summed E-state index contributed by atoms with van der Waals surface area (Å²) in [6.07, 6.45) is -6.24. The van der Waals surface area contributed by atoms with Crippen molar-refractivity contribution in [1.82, 2.24) is 19.5 Å². The molecule has 0 unspecified atom stereocenters. The molecule has 1 aliphatic rings. The number of halogens is 6. The predicted octanol–water partition coefficient (Wildman–Crippen LogP) is 6.37. The summed E-state index contributed by atoms with van der Waals surface area (Å²) in [5, 5.41) is 2.88. The summed E-state index contributed by atoms with van der Waals surface area (Å²) >= 11 is 0. The van der Waals surface area contributed by atoms with Crippen molar-refractivity contribution in [3.8, 4) is 11.4 Å². The zero-order valence-corrected chi connectivity index (χ0v) is 20.7. The maximum Gasteiger partial charge on any atom is 0.434 e. The molecule has 1 fully saturated rings. The molecule has 0 atom stereocenters. The number of aryl methyl sites for hydroxylation is 1. The molecule has 0 saturated carbocycles. The third-order valence-corrected chi connectivity index (χ3v) is 6.52. The SMILES string of the molecule is CC(C)c1ccccc1-c1ncc(C(F)(F)F)c(NCC2CCN(c3nc(C(F)(F)F)cn3C)CC2)n1. The molecule has 1 saturated heterocycles. The van der Waals surface area contributed by atoms with Crippen molar-refractivity contribution in [3.63, 3.8) is 0 Å². The maximum atomic E-state index is 13.7. The van der Waals surface area contributed by atoms with Gasteiger partial charge in [-0.05, 0) is 30.2 Å². The molecule has 4 rings (SSSR count). The second-order valence-electron chi connectivity index (χ2n) is 9.54. The standard InChI is InChI=1S/C25H28F6N6/c1-15(2)17-6-4-5-7-18(17)21-33-13-19(24(26,27)28)22(35-21)32-12-16-8-10-37(11-9-16)23-34-20(14-36(23)3)25(29,30)31/h4-7,13-16H,8-12H2,1-3H3,(H,32,33,35). The van der Waals surface area contributed by atoms with Gasteiger partial charge in [-0.2, -0.15) is 26.3 Å². The number of rotatable bonds is 6. The van der Waals surface area contributed by atoms with E-state index < -0.39 is 23.6 Å². The van der Waals surface area contributed by atoms with Crippen LogP contribution in [0.5, 0.6) is 0 Å². The van der Waals surface area contributed by atoms with E-state index >= 15 is 0 Å². The van der Waals surface area contributed by atoms with Crippen LogP contribution in [0.2, 0.25) is 0 Å². The lowest BCUT2D eigenvalue weighted by Crippen LogP contribution is -2.37. The summed E-state index contributed by atoms with van der Waals surface area (Å²) in [7, 11) is 1.51. The highest BCUT2D eigenvalue weighted by atomic mass is 19.4. The van der Waals surface area contributed by atoms with Gasteiger partial charge in [0.15, 0.2) is 11.5 Å². The lowest BCUT2D eigenvalue weighted by atomic mass is 9.96. The molecule has 6 nitrogen and oxygen atoms in total. The Morgan fingerprint density at radius 2 is 1.68 bits per heavy atom. The number of aromatic nitrogens is 4. The van der Waals surface area contributed by atoms with Crippen molar-refractivity contribution >= 4 is 11.8 Å². The third-order valence-electron chi connectivity index (χ3n) is 6.52. The van der Waals surface area contributed by atoms with E-state index in [-0.39, 0.29) is 36.0 Å². The van der Waals surface area contributed by atoms with Crippen LogP contribution in [0, 0.1) is 5.92 Å². The molecule has 200 valence electrons. The van der Waals surface area contributed by atoms with Crippen LogP contribution in [0.3, 0.4) is 0 Å². The zero-order valence-electron chi connectivity index (χ0n) is 20.7. The Bertz CT molecular complexity index is 1230. The van der Waals surface area contributed by atoms with Crippen molar-refractivity contribution in [3.05, 3.63) is 53.5 Å². The number of nitrogens with one attached hydrogen (secondary N) is 1. The van der Waals surface area contributed by atoms with Gasteiger partial charge in [0.25, 0.3) is 0 Å². The van der Waals surface area contributed by atoms with Crippen molar-refractivity contribution in [2.75, 3.05) is 29.9 Å². The fraction of sp³-hybridized carbons (Fsp3) is 0.480. The summed E-state index contributed by atoms with van der Waals surface area (Å²) in [5.41, 5.74) is -0.282. The molecule has 1 aromatic carbocycles. The van der Waals surface area contributed by atoms with Crippen LogP contribution >= 0.6 is 0 Å². The normalized spacial score (nSPS) is 15.5. The first-order valence-electron chi connectivity index (χ1n) is 12.0. The van der Waals surface area contributed by atoms with Gasteiger partial charge in [-0.1, -0.05) is 38.1 Å². The van der Waals surface area contributed by atoms with Gasteiger partial charge in [0.05, 0.1) is 0 Å². The second kappa shape index (κ2) is 10.2. The van der Waals surface area contributed by atoms with E-state index in [9.17, 15) is 26.3 Å². The van der Waals surface area contributed by atoms with Gasteiger partial charge in [0.2, 0.25) is 5.95 Å². The number of imidazole rings is 1. The molecule has 12 heteroatoms. The third kappa shape index (κ3) is 5.99. The maximum absolute atomic E-state index is 13.7. The highest BCUT2D eigenvalue weighted by Crippen LogP contribution is 2.36. The molecule has 1 N–H and O–H groups in total. The summed E-state index contributed by atoms with van der Waals surface area (Å²) in [4.78, 5) is 13.8. The average Bonchev–Trinajstić information content (AvgIpc) is 3.24. The summed E-state index contributed by atoms with van der Waals surface area (Å²) in [5.74, 6) is 0.306. The number of anilines is 2. The minimum atomic E-state index is -4.63. The van der Waals surface area contributed by atoms with Crippen LogP contribution in [0.25, 0.3) is 11.4 Å². The van der Waals surface area contributed by atoms with Crippen LogP contribution in [0.15, 0.2) is 36.7 Å². The minimum Gasteiger partial charge on any atom is -0.369 e. The Kier molecular flexibility index (Phi) is 7.38. The van der Waals surface area contributed by atoms with Gasteiger partial charge in [0.1, 0.15) is 11.4 Å². The molecule has 37 heavy (non-hydrogen) atoms. The summed E-state index contributed by atoms with van der Waals surface area (Å²) in [6, 6.07) is 7.35. The monoisotopic (exact) mass is 526 g/mol. The van der Waals surface area contributed by atoms with E-state index in [1.165, 1.54) is 11.6 Å². The predicted molar refractivity (Wildman–Crippen MR) is 128 cm³/mol. The molecule has 3 aromatic rings. The minimum absolute atomic E-state index is 0.0149.